The summed E-state index contributed by atoms with van der Waals surface area (Å²) in [7, 11) is 0. The standard InChI is InChI=1S/C24H23NO2/c1-4-16-14-17(5-2)23-21(19-8-6-7-9-20(19)27-23)22(16)25-24(26)18-12-10-15(3)11-13-18/h6-14H,4-5H2,1-3H3,(H,25,26). The zero-order valence-electron chi connectivity index (χ0n) is 15.9. The number of aryl methyl sites for hydroxylation is 3. The van der Waals surface area contributed by atoms with Crippen molar-refractivity contribution in [1.29, 1.82) is 0 Å². The number of nitrogens with one attached hydrogen (secondary N) is 1. The lowest BCUT2D eigenvalue weighted by atomic mass is 9.98. The second-order valence-electron chi connectivity index (χ2n) is 6.90. The van der Waals surface area contributed by atoms with Gasteiger partial charge in [0.15, 0.2) is 0 Å². The van der Waals surface area contributed by atoms with Crippen LogP contribution in [0.1, 0.15) is 40.9 Å². The lowest BCUT2D eigenvalue weighted by molar-refractivity contribution is 0.102. The molecular formula is C24H23NO2. The number of para-hydroxylation sites is 1. The van der Waals surface area contributed by atoms with Crippen LogP contribution in [-0.4, -0.2) is 5.91 Å². The van der Waals surface area contributed by atoms with Crippen molar-refractivity contribution in [2.24, 2.45) is 0 Å². The fraction of sp³-hybridized carbons (Fsp3) is 0.208. The van der Waals surface area contributed by atoms with Crippen molar-refractivity contribution in [3.05, 3.63) is 76.9 Å². The first kappa shape index (κ1) is 17.3. The Bertz CT molecular complexity index is 1140. The number of carbonyl (C=O) groups excluding carboxylic acids is 1. The van der Waals surface area contributed by atoms with E-state index in [-0.39, 0.29) is 5.91 Å². The summed E-state index contributed by atoms with van der Waals surface area (Å²) in [6.45, 7) is 6.26. The Hall–Kier alpha value is -3.07. The van der Waals surface area contributed by atoms with E-state index in [4.69, 9.17) is 4.42 Å². The molecule has 136 valence electrons. The fourth-order valence-corrected chi connectivity index (χ4v) is 3.60. The molecule has 0 unspecified atom stereocenters. The van der Waals surface area contributed by atoms with Gasteiger partial charge in [-0.1, -0.05) is 55.8 Å². The van der Waals surface area contributed by atoms with Crippen LogP contribution in [0.25, 0.3) is 21.9 Å². The Morgan fingerprint density at radius 2 is 1.67 bits per heavy atom. The first-order chi connectivity index (χ1) is 13.1. The molecule has 1 aromatic heterocycles. The summed E-state index contributed by atoms with van der Waals surface area (Å²) >= 11 is 0. The Kier molecular flexibility index (Phi) is 4.44. The Morgan fingerprint density at radius 3 is 2.37 bits per heavy atom. The average molecular weight is 357 g/mol. The van der Waals surface area contributed by atoms with E-state index in [0.29, 0.717) is 5.56 Å². The molecule has 0 aliphatic carbocycles. The van der Waals surface area contributed by atoms with Crippen LogP contribution in [0.2, 0.25) is 0 Å². The van der Waals surface area contributed by atoms with E-state index in [1.54, 1.807) is 0 Å². The van der Waals surface area contributed by atoms with E-state index in [2.05, 4.69) is 31.3 Å². The van der Waals surface area contributed by atoms with Gasteiger partial charge in [-0.3, -0.25) is 4.79 Å². The Labute approximate surface area is 159 Å². The van der Waals surface area contributed by atoms with Gasteiger partial charge in [-0.2, -0.15) is 0 Å². The smallest absolute Gasteiger partial charge is 0.255 e. The Morgan fingerprint density at radius 1 is 0.963 bits per heavy atom. The molecule has 0 fully saturated rings. The van der Waals surface area contributed by atoms with Gasteiger partial charge in [0.1, 0.15) is 11.2 Å². The monoisotopic (exact) mass is 357 g/mol. The van der Waals surface area contributed by atoms with Gasteiger partial charge in [0, 0.05) is 10.9 Å². The van der Waals surface area contributed by atoms with Crippen LogP contribution in [0.15, 0.2) is 59.0 Å². The van der Waals surface area contributed by atoms with Gasteiger partial charge in [0.25, 0.3) is 5.91 Å². The second-order valence-corrected chi connectivity index (χ2v) is 6.90. The van der Waals surface area contributed by atoms with Gasteiger partial charge in [-0.15, -0.1) is 0 Å². The molecule has 4 aromatic rings. The van der Waals surface area contributed by atoms with E-state index in [1.165, 1.54) is 5.56 Å². The highest BCUT2D eigenvalue weighted by Gasteiger charge is 2.19. The van der Waals surface area contributed by atoms with Crippen molar-refractivity contribution >= 4 is 33.5 Å². The van der Waals surface area contributed by atoms with E-state index in [1.807, 2.05) is 49.4 Å². The van der Waals surface area contributed by atoms with Crippen LogP contribution in [0.4, 0.5) is 5.69 Å². The van der Waals surface area contributed by atoms with Crippen LogP contribution in [-0.2, 0) is 12.8 Å². The van der Waals surface area contributed by atoms with Crippen LogP contribution in [0.3, 0.4) is 0 Å². The van der Waals surface area contributed by atoms with E-state index < -0.39 is 0 Å². The SMILES string of the molecule is CCc1cc(CC)c2oc3ccccc3c2c1NC(=O)c1ccc(C)cc1. The van der Waals surface area contributed by atoms with Crippen LogP contribution in [0, 0.1) is 6.92 Å². The number of benzene rings is 3. The van der Waals surface area contributed by atoms with Crippen molar-refractivity contribution in [2.75, 3.05) is 5.32 Å². The third-order valence-electron chi connectivity index (χ3n) is 5.12. The number of carbonyl (C=O) groups is 1. The number of hydrogen-bond donors (Lipinski definition) is 1. The topological polar surface area (TPSA) is 42.2 Å². The molecule has 3 heteroatoms. The molecule has 3 aromatic carbocycles. The van der Waals surface area contributed by atoms with Crippen molar-refractivity contribution in [3.8, 4) is 0 Å². The molecule has 0 saturated heterocycles. The molecule has 1 amide bonds. The number of fused-ring (bicyclic) bond motifs is 3. The Balaban J connectivity index is 1.92. The van der Waals surface area contributed by atoms with Crippen molar-refractivity contribution in [1.82, 2.24) is 0 Å². The van der Waals surface area contributed by atoms with E-state index in [0.717, 1.165) is 51.6 Å². The average Bonchev–Trinajstić information content (AvgIpc) is 3.08. The van der Waals surface area contributed by atoms with Gasteiger partial charge in [-0.25, -0.2) is 0 Å². The molecule has 0 aliphatic rings. The third kappa shape index (κ3) is 2.99. The molecule has 1 N–H and O–H groups in total. The first-order valence-corrected chi connectivity index (χ1v) is 9.46. The molecule has 27 heavy (non-hydrogen) atoms. The van der Waals surface area contributed by atoms with Gasteiger partial charge in [0.05, 0.1) is 11.1 Å². The van der Waals surface area contributed by atoms with Crippen LogP contribution < -0.4 is 5.32 Å². The normalized spacial score (nSPS) is 11.2. The van der Waals surface area contributed by atoms with Crippen molar-refractivity contribution in [2.45, 2.75) is 33.6 Å². The third-order valence-corrected chi connectivity index (χ3v) is 5.12. The number of furan rings is 1. The summed E-state index contributed by atoms with van der Waals surface area (Å²) in [5.74, 6) is -0.0967. The molecular weight excluding hydrogens is 334 g/mol. The maximum atomic E-state index is 12.9. The molecule has 0 radical (unpaired) electrons. The number of amides is 1. The molecule has 1 heterocycles. The lowest BCUT2D eigenvalue weighted by Gasteiger charge is -2.14. The van der Waals surface area contributed by atoms with Crippen molar-refractivity contribution < 1.29 is 9.21 Å². The molecule has 3 nitrogen and oxygen atoms in total. The zero-order valence-corrected chi connectivity index (χ0v) is 15.9. The van der Waals surface area contributed by atoms with Gasteiger partial charge in [0.2, 0.25) is 0 Å². The first-order valence-electron chi connectivity index (χ1n) is 9.46. The minimum Gasteiger partial charge on any atom is -0.456 e. The number of hydrogen-bond acceptors (Lipinski definition) is 2. The highest BCUT2D eigenvalue weighted by molar-refractivity contribution is 6.17. The van der Waals surface area contributed by atoms with Crippen molar-refractivity contribution in [3.63, 3.8) is 0 Å². The minimum absolute atomic E-state index is 0.0967. The lowest BCUT2D eigenvalue weighted by Crippen LogP contribution is -2.14. The number of rotatable bonds is 4. The number of anilines is 1. The van der Waals surface area contributed by atoms with E-state index in [9.17, 15) is 4.79 Å². The summed E-state index contributed by atoms with van der Waals surface area (Å²) in [4.78, 5) is 12.9. The summed E-state index contributed by atoms with van der Waals surface area (Å²) in [6, 6.07) is 17.8. The molecule has 0 atom stereocenters. The largest absolute Gasteiger partial charge is 0.456 e. The predicted octanol–water partition coefficient (Wildman–Crippen LogP) is 6.27. The molecule has 0 bridgehead atoms. The highest BCUT2D eigenvalue weighted by atomic mass is 16.3. The minimum atomic E-state index is -0.0967. The molecule has 0 spiro atoms. The van der Waals surface area contributed by atoms with Crippen LogP contribution in [0.5, 0.6) is 0 Å². The summed E-state index contributed by atoms with van der Waals surface area (Å²) < 4.78 is 6.17. The fourth-order valence-electron chi connectivity index (χ4n) is 3.60. The van der Waals surface area contributed by atoms with E-state index >= 15 is 0 Å². The van der Waals surface area contributed by atoms with Crippen LogP contribution >= 0.6 is 0 Å². The molecule has 0 aliphatic heterocycles. The second kappa shape index (κ2) is 6.92. The van der Waals surface area contributed by atoms with Gasteiger partial charge >= 0.3 is 0 Å². The maximum absolute atomic E-state index is 12.9. The summed E-state index contributed by atoms with van der Waals surface area (Å²) in [6.07, 6.45) is 1.72. The quantitative estimate of drug-likeness (QED) is 0.467. The predicted molar refractivity (Wildman–Crippen MR) is 112 cm³/mol. The molecule has 4 rings (SSSR count). The highest BCUT2D eigenvalue weighted by Crippen LogP contribution is 2.39. The van der Waals surface area contributed by atoms with Gasteiger partial charge < -0.3 is 9.73 Å². The summed E-state index contributed by atoms with van der Waals surface area (Å²) in [5.41, 5.74) is 6.67. The molecule has 0 saturated carbocycles. The summed E-state index contributed by atoms with van der Waals surface area (Å²) in [5, 5.41) is 5.21. The maximum Gasteiger partial charge on any atom is 0.255 e. The zero-order chi connectivity index (χ0) is 19.0. The van der Waals surface area contributed by atoms with Gasteiger partial charge in [-0.05, 0) is 49.1 Å².